The highest BCUT2D eigenvalue weighted by molar-refractivity contribution is 9.10. The highest BCUT2D eigenvalue weighted by Crippen LogP contribution is 2.42. The van der Waals surface area contributed by atoms with E-state index < -0.39 is 17.6 Å². The maximum absolute atomic E-state index is 12.7. The second-order valence-corrected chi connectivity index (χ2v) is 8.72. The van der Waals surface area contributed by atoms with Crippen molar-refractivity contribution in [2.45, 2.75) is 24.5 Å². The molecule has 0 saturated heterocycles. The summed E-state index contributed by atoms with van der Waals surface area (Å²) in [5, 5.41) is 19.3. The summed E-state index contributed by atoms with van der Waals surface area (Å²) in [6.07, 6.45) is -0.0514. The van der Waals surface area contributed by atoms with Gasteiger partial charge in [0.15, 0.2) is 6.10 Å². The predicted octanol–water partition coefficient (Wildman–Crippen LogP) is 4.79. The third-order valence-electron chi connectivity index (χ3n) is 5.50. The van der Waals surface area contributed by atoms with Gasteiger partial charge in [-0.1, -0.05) is 58.4 Å². The van der Waals surface area contributed by atoms with Crippen LogP contribution in [0.2, 0.25) is 0 Å². The molecule has 0 fully saturated rings. The molecule has 1 aliphatic rings. The largest absolute Gasteiger partial charge is 0.494 e. The van der Waals surface area contributed by atoms with E-state index in [9.17, 15) is 9.90 Å². The summed E-state index contributed by atoms with van der Waals surface area (Å²) in [7, 11) is 0. The number of aliphatic hydroxyl groups excluding tert-OH is 1. The number of carboxylic acids is 1. The summed E-state index contributed by atoms with van der Waals surface area (Å²) in [4.78, 5) is 17.4. The average molecular weight is 510 g/mol. The van der Waals surface area contributed by atoms with Gasteiger partial charge in [-0.25, -0.2) is 9.79 Å². The molecule has 2 N–H and O–H groups in total. The van der Waals surface area contributed by atoms with Crippen LogP contribution in [0.15, 0.2) is 88.3 Å². The predicted molar refractivity (Wildman–Crippen MR) is 129 cm³/mol. The fourth-order valence-electron chi connectivity index (χ4n) is 3.81. The van der Waals surface area contributed by atoms with Crippen molar-refractivity contribution in [1.29, 1.82) is 0 Å². The molecule has 4 rings (SSSR count). The Hall–Kier alpha value is -3.16. The number of aliphatic carboxylic acids is 1. The first kappa shape index (κ1) is 23.0. The Bertz CT molecular complexity index is 1120. The minimum atomic E-state index is -1.51. The zero-order valence-corrected chi connectivity index (χ0v) is 19.4. The molecule has 0 amide bonds. The molecule has 1 heterocycles. The smallest absolute Gasteiger partial charge is 0.336 e. The molecule has 0 aromatic heterocycles. The lowest BCUT2D eigenvalue weighted by molar-refractivity contribution is -0.146. The number of aliphatic hydroxyl groups is 1. The van der Waals surface area contributed by atoms with E-state index in [0.717, 1.165) is 15.6 Å². The number of hydrogen-bond acceptors (Lipinski definition) is 5. The van der Waals surface area contributed by atoms with Gasteiger partial charge in [-0.15, -0.1) is 0 Å². The van der Waals surface area contributed by atoms with Crippen LogP contribution in [0.4, 0.5) is 0 Å². The van der Waals surface area contributed by atoms with Crippen LogP contribution in [-0.4, -0.2) is 40.8 Å². The molecule has 2 atom stereocenters. The van der Waals surface area contributed by atoms with E-state index >= 15 is 0 Å². The summed E-state index contributed by atoms with van der Waals surface area (Å²) in [5.41, 5.74) is 0.757. The zero-order valence-electron chi connectivity index (χ0n) is 17.9. The topological polar surface area (TPSA) is 88.4 Å². The van der Waals surface area contributed by atoms with Crippen LogP contribution in [0, 0.1) is 0 Å². The Morgan fingerprint density at radius 3 is 2.36 bits per heavy atom. The second kappa shape index (κ2) is 10.2. The minimum Gasteiger partial charge on any atom is -0.494 e. The van der Waals surface area contributed by atoms with Gasteiger partial charge in [-0.2, -0.15) is 0 Å². The van der Waals surface area contributed by atoms with E-state index in [1.807, 2.05) is 54.6 Å². The molecule has 0 unspecified atom stereocenters. The van der Waals surface area contributed by atoms with Crippen molar-refractivity contribution in [3.05, 3.63) is 100 Å². The maximum Gasteiger partial charge on any atom is 0.336 e. The van der Waals surface area contributed by atoms with E-state index in [1.54, 1.807) is 24.3 Å². The summed E-state index contributed by atoms with van der Waals surface area (Å²) in [6, 6.07) is 24.1. The molecule has 1 aliphatic heterocycles. The number of benzene rings is 3. The standard InChI is InChI=1S/C26H24BrNO5/c27-21-11-7-18(8-12-21)17-26(25(30)31)23(19-5-2-1-3-6-19)33-24(28-26)20-9-13-22(14-10-20)32-16-4-15-29/h1-3,5-14,23,29H,4,15-17H2,(H,30,31)/t23-,26-/m1/s1. The number of halogens is 1. The van der Waals surface area contributed by atoms with Crippen LogP contribution in [-0.2, 0) is 16.0 Å². The van der Waals surface area contributed by atoms with Crippen LogP contribution in [0.5, 0.6) is 5.75 Å². The van der Waals surface area contributed by atoms with E-state index in [4.69, 9.17) is 14.6 Å². The second-order valence-electron chi connectivity index (χ2n) is 7.81. The Kier molecular flexibility index (Phi) is 7.11. The molecule has 33 heavy (non-hydrogen) atoms. The molecular weight excluding hydrogens is 486 g/mol. The molecule has 0 radical (unpaired) electrons. The van der Waals surface area contributed by atoms with E-state index in [0.29, 0.717) is 24.3 Å². The van der Waals surface area contributed by atoms with E-state index in [2.05, 4.69) is 20.9 Å². The molecule has 3 aromatic carbocycles. The van der Waals surface area contributed by atoms with Crippen molar-refractivity contribution in [1.82, 2.24) is 0 Å². The Balaban J connectivity index is 1.70. The fourth-order valence-corrected chi connectivity index (χ4v) is 4.07. The normalized spacial score (nSPS) is 19.6. The average Bonchev–Trinajstić information content (AvgIpc) is 3.22. The summed E-state index contributed by atoms with van der Waals surface area (Å²) in [6.45, 7) is 0.484. The number of rotatable bonds is 9. The van der Waals surface area contributed by atoms with Crippen LogP contribution in [0.3, 0.4) is 0 Å². The SMILES string of the molecule is O=C(O)[C@]1(Cc2ccc(Br)cc2)N=C(c2ccc(OCCCO)cc2)O[C@@H]1c1ccccc1. The zero-order chi connectivity index (χ0) is 23.3. The van der Waals surface area contributed by atoms with Gasteiger partial charge in [0.1, 0.15) is 5.75 Å². The van der Waals surface area contributed by atoms with Crippen LogP contribution in [0.1, 0.15) is 29.2 Å². The number of nitrogens with zero attached hydrogens (tertiary/aromatic N) is 1. The maximum atomic E-state index is 12.7. The molecule has 0 saturated carbocycles. The molecule has 3 aromatic rings. The summed E-state index contributed by atoms with van der Waals surface area (Å²) < 4.78 is 12.7. The molecule has 170 valence electrons. The van der Waals surface area contributed by atoms with Gasteiger partial charge >= 0.3 is 5.97 Å². The van der Waals surface area contributed by atoms with E-state index in [1.165, 1.54) is 0 Å². The van der Waals surface area contributed by atoms with Gasteiger partial charge in [0.2, 0.25) is 11.4 Å². The van der Waals surface area contributed by atoms with Crippen molar-refractivity contribution in [2.24, 2.45) is 4.99 Å². The molecule has 6 nitrogen and oxygen atoms in total. The van der Waals surface area contributed by atoms with Crippen molar-refractivity contribution in [3.8, 4) is 5.75 Å². The molecule has 0 spiro atoms. The van der Waals surface area contributed by atoms with Crippen molar-refractivity contribution in [2.75, 3.05) is 13.2 Å². The Morgan fingerprint density at radius 2 is 1.73 bits per heavy atom. The van der Waals surface area contributed by atoms with Gasteiger partial charge in [-0.3, -0.25) is 0 Å². The third-order valence-corrected chi connectivity index (χ3v) is 6.02. The van der Waals surface area contributed by atoms with Gasteiger partial charge in [0, 0.05) is 29.5 Å². The number of aliphatic imine (C=N–C) groups is 1. The lowest BCUT2D eigenvalue weighted by atomic mass is 9.83. The summed E-state index contributed by atoms with van der Waals surface area (Å²) in [5.74, 6) is -0.103. The van der Waals surface area contributed by atoms with E-state index in [-0.39, 0.29) is 18.9 Å². The van der Waals surface area contributed by atoms with Crippen LogP contribution >= 0.6 is 15.9 Å². The van der Waals surface area contributed by atoms with Gasteiger partial charge < -0.3 is 19.7 Å². The first-order valence-electron chi connectivity index (χ1n) is 10.7. The van der Waals surface area contributed by atoms with Crippen molar-refractivity contribution in [3.63, 3.8) is 0 Å². The highest BCUT2D eigenvalue weighted by atomic mass is 79.9. The van der Waals surface area contributed by atoms with Gasteiger partial charge in [0.05, 0.1) is 6.61 Å². The Labute approximate surface area is 200 Å². The highest BCUT2D eigenvalue weighted by Gasteiger charge is 2.53. The van der Waals surface area contributed by atoms with Crippen LogP contribution < -0.4 is 4.74 Å². The third kappa shape index (κ3) is 5.10. The van der Waals surface area contributed by atoms with Gasteiger partial charge in [0.25, 0.3) is 0 Å². The Morgan fingerprint density at radius 1 is 1.03 bits per heavy atom. The molecule has 0 aliphatic carbocycles. The lowest BCUT2D eigenvalue weighted by Gasteiger charge is -2.28. The number of carboxylic acid groups (broad SMARTS) is 1. The molecule has 0 bridgehead atoms. The fraction of sp³-hybridized carbons (Fsp3) is 0.231. The number of carbonyl (C=O) groups is 1. The van der Waals surface area contributed by atoms with Crippen LogP contribution in [0.25, 0.3) is 0 Å². The first-order chi connectivity index (χ1) is 16.0. The molecular formula is C26H24BrNO5. The molecule has 7 heteroatoms. The first-order valence-corrected chi connectivity index (χ1v) is 11.4. The van der Waals surface area contributed by atoms with Crippen molar-refractivity contribution >= 4 is 27.8 Å². The minimum absolute atomic E-state index is 0.0687. The number of hydrogen-bond donors (Lipinski definition) is 2. The monoisotopic (exact) mass is 509 g/mol. The lowest BCUT2D eigenvalue weighted by Crippen LogP contribution is -2.43. The van der Waals surface area contributed by atoms with Crippen molar-refractivity contribution < 1.29 is 24.5 Å². The quantitative estimate of drug-likeness (QED) is 0.404. The number of ether oxygens (including phenoxy) is 2. The van der Waals surface area contributed by atoms with Gasteiger partial charge in [-0.05, 0) is 47.5 Å². The summed E-state index contributed by atoms with van der Waals surface area (Å²) >= 11 is 3.42.